The maximum absolute atomic E-state index is 10.3. The van der Waals surface area contributed by atoms with Crippen LogP contribution in [0.5, 0.6) is 5.75 Å². The first-order chi connectivity index (χ1) is 5.68. The summed E-state index contributed by atoms with van der Waals surface area (Å²) in [5.74, 6) is 0.204. The summed E-state index contributed by atoms with van der Waals surface area (Å²) < 4.78 is 5.05. The van der Waals surface area contributed by atoms with E-state index < -0.39 is 5.91 Å². The molecule has 0 heterocycles. The van der Waals surface area contributed by atoms with E-state index in [-0.39, 0.29) is 6.61 Å². The Morgan fingerprint density at radius 2 is 2.00 bits per heavy atom. The molecule has 0 fully saturated rings. The zero-order valence-corrected chi connectivity index (χ0v) is 6.91. The molecule has 1 amide bonds. The fraction of sp³-hybridized carbons (Fsp3) is 0.125. The highest BCUT2D eigenvalue weighted by Crippen LogP contribution is 2.05. The van der Waals surface area contributed by atoms with Gasteiger partial charge < -0.3 is 10.5 Å². The van der Waals surface area contributed by atoms with Crippen molar-refractivity contribution in [2.75, 3.05) is 6.61 Å². The standard InChI is InChI=1S/C8H10BNO2/c9-6-1-3-7(4-2-6)12-5-8(10)11/h1-4H,5,9H2,(H2,10,11). The molecular weight excluding hydrogens is 153 g/mol. The second-order valence-electron chi connectivity index (χ2n) is 2.57. The second-order valence-corrected chi connectivity index (χ2v) is 2.57. The summed E-state index contributed by atoms with van der Waals surface area (Å²) in [7, 11) is 1.98. The monoisotopic (exact) mass is 163 g/mol. The van der Waals surface area contributed by atoms with Crippen LogP contribution in [0.25, 0.3) is 0 Å². The Kier molecular flexibility index (Phi) is 2.74. The van der Waals surface area contributed by atoms with Crippen molar-refractivity contribution in [1.82, 2.24) is 0 Å². The highest BCUT2D eigenvalue weighted by Gasteiger charge is 1.95. The Morgan fingerprint density at radius 3 is 2.50 bits per heavy atom. The summed E-state index contributed by atoms with van der Waals surface area (Å²) in [6.45, 7) is -0.0664. The molecule has 1 aromatic rings. The number of hydrogen-bond acceptors (Lipinski definition) is 2. The summed E-state index contributed by atoms with van der Waals surface area (Å²) in [4.78, 5) is 10.3. The van der Waals surface area contributed by atoms with Crippen LogP contribution in [0.4, 0.5) is 0 Å². The van der Waals surface area contributed by atoms with Gasteiger partial charge in [0.05, 0.1) is 0 Å². The molecule has 0 aliphatic carbocycles. The van der Waals surface area contributed by atoms with Gasteiger partial charge in [0, 0.05) is 0 Å². The molecule has 4 heteroatoms. The Labute approximate surface area is 71.9 Å². The summed E-state index contributed by atoms with van der Waals surface area (Å²) >= 11 is 0. The summed E-state index contributed by atoms with van der Waals surface area (Å²) in [5.41, 5.74) is 6.06. The maximum atomic E-state index is 10.3. The van der Waals surface area contributed by atoms with Crippen molar-refractivity contribution < 1.29 is 9.53 Å². The van der Waals surface area contributed by atoms with E-state index in [0.29, 0.717) is 5.75 Å². The zero-order valence-electron chi connectivity index (χ0n) is 6.91. The number of carbonyl (C=O) groups is 1. The predicted octanol–water partition coefficient (Wildman–Crippen LogP) is -1.19. The molecule has 12 heavy (non-hydrogen) atoms. The van der Waals surface area contributed by atoms with Gasteiger partial charge in [-0.25, -0.2) is 0 Å². The van der Waals surface area contributed by atoms with Crippen molar-refractivity contribution >= 4 is 19.2 Å². The van der Waals surface area contributed by atoms with E-state index in [1.807, 2.05) is 20.0 Å². The van der Waals surface area contributed by atoms with Crippen LogP contribution >= 0.6 is 0 Å². The van der Waals surface area contributed by atoms with Crippen LogP contribution in [0.3, 0.4) is 0 Å². The van der Waals surface area contributed by atoms with Gasteiger partial charge in [-0.2, -0.15) is 0 Å². The van der Waals surface area contributed by atoms with Gasteiger partial charge in [-0.3, -0.25) is 4.79 Å². The van der Waals surface area contributed by atoms with Crippen molar-refractivity contribution in [3.05, 3.63) is 24.3 Å². The number of rotatable bonds is 3. The minimum atomic E-state index is -0.462. The second kappa shape index (κ2) is 3.81. The van der Waals surface area contributed by atoms with Gasteiger partial charge in [-0.05, 0) is 12.1 Å². The van der Waals surface area contributed by atoms with E-state index in [0.717, 1.165) is 5.46 Å². The minimum Gasteiger partial charge on any atom is -0.484 e. The normalized spacial score (nSPS) is 9.33. The Hall–Kier alpha value is -1.45. The lowest BCUT2D eigenvalue weighted by Crippen LogP contribution is -2.20. The lowest BCUT2D eigenvalue weighted by Gasteiger charge is -2.02. The van der Waals surface area contributed by atoms with Gasteiger partial charge in [-0.1, -0.05) is 17.6 Å². The molecule has 1 aromatic carbocycles. The smallest absolute Gasteiger partial charge is 0.255 e. The maximum Gasteiger partial charge on any atom is 0.255 e. The first-order valence-corrected chi connectivity index (χ1v) is 3.66. The highest BCUT2D eigenvalue weighted by molar-refractivity contribution is 6.32. The summed E-state index contributed by atoms with van der Waals surface area (Å²) in [6.07, 6.45) is 0. The average Bonchev–Trinajstić information content (AvgIpc) is 2.03. The molecule has 0 aliphatic heterocycles. The number of nitrogens with two attached hydrogens (primary N) is 1. The molecule has 0 aromatic heterocycles. The third kappa shape index (κ3) is 2.66. The van der Waals surface area contributed by atoms with Crippen LogP contribution in [0.15, 0.2) is 24.3 Å². The molecule has 0 aliphatic rings. The lowest BCUT2D eigenvalue weighted by atomic mass is 9.97. The van der Waals surface area contributed by atoms with Crippen molar-refractivity contribution in [3.8, 4) is 5.75 Å². The number of hydrogen-bond donors (Lipinski definition) is 1. The SMILES string of the molecule is Bc1ccc(OCC(N)=O)cc1. The van der Waals surface area contributed by atoms with E-state index in [4.69, 9.17) is 10.5 Å². The average molecular weight is 163 g/mol. The molecule has 1 rings (SSSR count). The topological polar surface area (TPSA) is 52.3 Å². The molecule has 3 nitrogen and oxygen atoms in total. The number of ether oxygens (including phenoxy) is 1. The zero-order chi connectivity index (χ0) is 8.97. The molecule has 0 spiro atoms. The van der Waals surface area contributed by atoms with Gasteiger partial charge in [0.25, 0.3) is 5.91 Å². The lowest BCUT2D eigenvalue weighted by molar-refractivity contribution is -0.119. The van der Waals surface area contributed by atoms with Crippen molar-refractivity contribution in [2.24, 2.45) is 5.73 Å². The number of primary amides is 1. The third-order valence-corrected chi connectivity index (χ3v) is 1.40. The predicted molar refractivity (Wildman–Crippen MR) is 49.3 cm³/mol. The third-order valence-electron chi connectivity index (χ3n) is 1.40. The van der Waals surface area contributed by atoms with Crippen molar-refractivity contribution in [1.29, 1.82) is 0 Å². The van der Waals surface area contributed by atoms with E-state index >= 15 is 0 Å². The molecule has 0 radical (unpaired) electrons. The molecule has 0 atom stereocenters. The Balaban J connectivity index is 2.53. The van der Waals surface area contributed by atoms with E-state index in [1.165, 1.54) is 0 Å². The fourth-order valence-electron chi connectivity index (χ4n) is 0.789. The Morgan fingerprint density at radius 1 is 1.42 bits per heavy atom. The van der Waals surface area contributed by atoms with Crippen LogP contribution in [-0.4, -0.2) is 20.4 Å². The molecule has 0 saturated carbocycles. The van der Waals surface area contributed by atoms with Gasteiger partial charge >= 0.3 is 0 Å². The van der Waals surface area contributed by atoms with Crippen molar-refractivity contribution in [3.63, 3.8) is 0 Å². The van der Waals surface area contributed by atoms with Gasteiger partial charge in [-0.15, -0.1) is 0 Å². The van der Waals surface area contributed by atoms with Crippen LogP contribution in [-0.2, 0) is 4.79 Å². The molecule has 62 valence electrons. The fourth-order valence-corrected chi connectivity index (χ4v) is 0.789. The molecule has 0 saturated heterocycles. The van der Waals surface area contributed by atoms with Crippen LogP contribution < -0.4 is 15.9 Å². The highest BCUT2D eigenvalue weighted by atomic mass is 16.5. The Bertz CT molecular complexity index is 271. The summed E-state index contributed by atoms with van der Waals surface area (Å²) in [5, 5.41) is 0. The summed E-state index contributed by atoms with van der Waals surface area (Å²) in [6, 6.07) is 7.43. The molecular formula is C8H10BNO2. The van der Waals surface area contributed by atoms with Crippen LogP contribution in [0, 0.1) is 0 Å². The number of benzene rings is 1. The van der Waals surface area contributed by atoms with Gasteiger partial charge in [0.2, 0.25) is 0 Å². The first-order valence-electron chi connectivity index (χ1n) is 3.66. The number of carbonyl (C=O) groups excluding carboxylic acids is 1. The molecule has 2 N–H and O–H groups in total. The quantitative estimate of drug-likeness (QED) is 0.569. The van der Waals surface area contributed by atoms with E-state index in [9.17, 15) is 4.79 Å². The van der Waals surface area contributed by atoms with Crippen LogP contribution in [0.1, 0.15) is 0 Å². The molecule has 0 bridgehead atoms. The first kappa shape index (κ1) is 8.65. The molecule has 0 unspecified atom stereocenters. The van der Waals surface area contributed by atoms with Gasteiger partial charge in [0.15, 0.2) is 6.61 Å². The minimum absolute atomic E-state index is 0.0664. The van der Waals surface area contributed by atoms with Gasteiger partial charge in [0.1, 0.15) is 13.6 Å². The number of amides is 1. The van der Waals surface area contributed by atoms with Crippen molar-refractivity contribution in [2.45, 2.75) is 0 Å². The van der Waals surface area contributed by atoms with Crippen LogP contribution in [0.2, 0.25) is 0 Å². The van der Waals surface area contributed by atoms with E-state index in [1.54, 1.807) is 12.1 Å². The van der Waals surface area contributed by atoms with E-state index in [2.05, 4.69) is 0 Å². The largest absolute Gasteiger partial charge is 0.484 e.